The minimum absolute atomic E-state index is 0.0612. The molecular weight excluding hydrogens is 512 g/mol. The van der Waals surface area contributed by atoms with Gasteiger partial charge in [-0.1, -0.05) is 5.16 Å². The van der Waals surface area contributed by atoms with Gasteiger partial charge in [0.05, 0.1) is 12.8 Å². The zero-order valence-corrected chi connectivity index (χ0v) is 20.6. The second-order valence-corrected chi connectivity index (χ2v) is 9.57. The summed E-state index contributed by atoms with van der Waals surface area (Å²) < 4.78 is 1.74. The first kappa shape index (κ1) is 25.3. The summed E-state index contributed by atoms with van der Waals surface area (Å²) in [5, 5.41) is 29.3. The van der Waals surface area contributed by atoms with E-state index in [0.29, 0.717) is 23.7 Å². The second-order valence-electron chi connectivity index (χ2n) is 7.58. The van der Waals surface area contributed by atoms with E-state index in [1.165, 1.54) is 29.2 Å². The molecule has 1 unspecified atom stereocenters. The Morgan fingerprint density at radius 1 is 1.44 bits per heavy atom. The molecule has 16 heteroatoms. The Kier molecular flexibility index (Phi) is 7.66. The van der Waals surface area contributed by atoms with Crippen molar-refractivity contribution < 1.29 is 34.0 Å². The molecule has 0 saturated carbocycles. The Morgan fingerprint density at radius 2 is 2.25 bits per heavy atom. The smallest absolute Gasteiger partial charge is 0.352 e. The topological polar surface area (TPSA) is 196 Å². The van der Waals surface area contributed by atoms with Gasteiger partial charge in [0.1, 0.15) is 29.9 Å². The minimum Gasteiger partial charge on any atom is -0.477 e. The fourth-order valence-electron chi connectivity index (χ4n) is 3.73. The van der Waals surface area contributed by atoms with Crippen LogP contribution in [0.1, 0.15) is 5.69 Å². The molecular formula is C20H23N8O6S2+. The number of aliphatic carboxylic acids is 1. The molecule has 4 rings (SSSR count). The predicted octanol–water partition coefficient (Wildman–Crippen LogP) is -1.40. The number of β-lactam (4-membered cyclic amide) rings is 1. The molecule has 1 saturated heterocycles. The summed E-state index contributed by atoms with van der Waals surface area (Å²) in [4.78, 5) is 52.1. The number of thioether (sulfide) groups is 1. The lowest BCUT2D eigenvalue weighted by molar-refractivity contribution is -0.688. The Balaban J connectivity index is 1.51. The number of hydrogen-bond acceptors (Lipinski definition) is 12. The number of rotatable bonds is 10. The zero-order valence-electron chi connectivity index (χ0n) is 18.9. The number of aromatic nitrogens is 3. The number of nitrogen functional groups attached to an aromatic ring is 1. The van der Waals surface area contributed by atoms with Gasteiger partial charge in [0.2, 0.25) is 6.20 Å². The first-order valence-electron chi connectivity index (χ1n) is 10.6. The Hall–Kier alpha value is -3.76. The van der Waals surface area contributed by atoms with Crippen LogP contribution >= 0.6 is 23.1 Å². The Bertz CT molecular complexity index is 1250. The lowest BCUT2D eigenvalue weighted by Crippen LogP contribution is -2.71. The highest BCUT2D eigenvalue weighted by Crippen LogP contribution is 2.40. The summed E-state index contributed by atoms with van der Waals surface area (Å²) in [5.41, 5.74) is 6.12. The lowest BCUT2D eigenvalue weighted by Gasteiger charge is -2.49. The number of amides is 2. The molecule has 0 spiro atoms. The fraction of sp³-hybridized carbons (Fsp3) is 0.350. The van der Waals surface area contributed by atoms with E-state index in [4.69, 9.17) is 15.7 Å². The molecule has 6 N–H and O–H groups in total. The van der Waals surface area contributed by atoms with Gasteiger partial charge in [-0.25, -0.2) is 14.8 Å². The van der Waals surface area contributed by atoms with Crippen LogP contribution in [0.25, 0.3) is 0 Å². The average molecular weight is 536 g/mol. The van der Waals surface area contributed by atoms with Crippen LogP contribution in [0.4, 0.5) is 10.9 Å². The van der Waals surface area contributed by atoms with Crippen molar-refractivity contribution >= 4 is 57.5 Å². The van der Waals surface area contributed by atoms with E-state index in [-0.39, 0.29) is 35.4 Å². The van der Waals surface area contributed by atoms with Crippen molar-refractivity contribution in [2.45, 2.75) is 18.0 Å². The molecule has 36 heavy (non-hydrogen) atoms. The van der Waals surface area contributed by atoms with E-state index < -0.39 is 29.2 Å². The van der Waals surface area contributed by atoms with Crippen molar-refractivity contribution in [1.82, 2.24) is 20.2 Å². The lowest BCUT2D eigenvalue weighted by atomic mass is 10.0. The molecule has 0 bridgehead atoms. The number of carboxylic acid groups (broad SMARTS) is 1. The number of carboxylic acids is 1. The SMILES string of the molecule is CON=C(C(=O)NC1C(=O)N2C(C(=O)O)=C(C[n+]3ccnc(NCCO)c3)CS[C@@H]12)c1csc(N)n1. The third-order valence-corrected chi connectivity index (χ3v) is 7.26. The quantitative estimate of drug-likeness (QED) is 0.104. The van der Waals surface area contributed by atoms with Crippen molar-refractivity contribution in [2.24, 2.45) is 5.16 Å². The maximum absolute atomic E-state index is 13.0. The van der Waals surface area contributed by atoms with Crippen molar-refractivity contribution in [3.8, 4) is 0 Å². The van der Waals surface area contributed by atoms with E-state index in [1.54, 1.807) is 23.2 Å². The standard InChI is InChI=1S/C20H22N8O6S2/c1-34-26-13(11-9-36-20(21)24-11)16(30)25-14-17(31)28-15(19(32)33)10(8-35-18(14)28)6-27-4-2-22-12(7-27)23-3-5-29/h2,4,7,9,14,18,29H,3,5-6,8H2,1H3,(H4-,21,22,23,24,25,30,32,33)/p+1/t14?,18-/m0/s1. The fourth-order valence-corrected chi connectivity index (χ4v) is 5.62. The number of nitrogens with zero attached hydrogens (tertiary/aromatic N) is 5. The minimum atomic E-state index is -1.23. The van der Waals surface area contributed by atoms with E-state index >= 15 is 0 Å². The number of nitrogens with one attached hydrogen (secondary N) is 2. The average Bonchev–Trinajstić information content (AvgIpc) is 3.29. The highest BCUT2D eigenvalue weighted by Gasteiger charge is 2.54. The summed E-state index contributed by atoms with van der Waals surface area (Å²) in [5.74, 6) is -1.62. The molecule has 4 heterocycles. The van der Waals surface area contributed by atoms with Gasteiger partial charge >= 0.3 is 5.97 Å². The van der Waals surface area contributed by atoms with Crippen LogP contribution in [0.5, 0.6) is 0 Å². The molecule has 14 nitrogen and oxygen atoms in total. The summed E-state index contributed by atoms with van der Waals surface area (Å²) >= 11 is 2.47. The van der Waals surface area contributed by atoms with Crippen molar-refractivity contribution in [3.05, 3.63) is 40.9 Å². The van der Waals surface area contributed by atoms with E-state index in [0.717, 1.165) is 11.3 Å². The highest BCUT2D eigenvalue weighted by molar-refractivity contribution is 8.00. The maximum Gasteiger partial charge on any atom is 0.352 e. The van der Waals surface area contributed by atoms with Gasteiger partial charge in [0.15, 0.2) is 29.4 Å². The maximum atomic E-state index is 13.0. The number of hydrogen-bond donors (Lipinski definition) is 5. The Morgan fingerprint density at radius 3 is 2.92 bits per heavy atom. The van der Waals surface area contributed by atoms with E-state index in [9.17, 15) is 19.5 Å². The van der Waals surface area contributed by atoms with Gasteiger partial charge in [0.25, 0.3) is 11.8 Å². The molecule has 1 fully saturated rings. The summed E-state index contributed by atoms with van der Waals surface area (Å²) in [6, 6.07) is -0.945. The Labute approximate surface area is 212 Å². The van der Waals surface area contributed by atoms with Crippen LogP contribution in [0, 0.1) is 0 Å². The van der Waals surface area contributed by atoms with Crippen LogP contribution in [-0.4, -0.2) is 86.0 Å². The number of carbonyl (C=O) groups is 3. The van der Waals surface area contributed by atoms with Crippen LogP contribution < -0.4 is 20.9 Å². The first-order chi connectivity index (χ1) is 17.3. The molecule has 2 amide bonds. The number of aliphatic hydroxyl groups is 1. The third-order valence-electron chi connectivity index (χ3n) is 5.25. The van der Waals surface area contributed by atoms with Crippen molar-refractivity contribution in [1.29, 1.82) is 0 Å². The molecule has 0 radical (unpaired) electrons. The van der Waals surface area contributed by atoms with E-state index in [1.807, 2.05) is 0 Å². The van der Waals surface area contributed by atoms with Crippen LogP contribution in [0.15, 0.2) is 40.4 Å². The van der Waals surface area contributed by atoms with Crippen LogP contribution in [0.2, 0.25) is 0 Å². The third kappa shape index (κ3) is 5.09. The first-order valence-corrected chi connectivity index (χ1v) is 12.5. The number of fused-ring (bicyclic) bond motifs is 1. The molecule has 2 atom stereocenters. The molecule has 2 aliphatic heterocycles. The highest BCUT2D eigenvalue weighted by atomic mass is 32.2. The van der Waals surface area contributed by atoms with Gasteiger partial charge in [-0.15, -0.1) is 23.1 Å². The number of nitrogens with two attached hydrogens (primary N) is 1. The monoisotopic (exact) mass is 535 g/mol. The van der Waals surface area contributed by atoms with E-state index in [2.05, 4.69) is 25.8 Å². The number of anilines is 2. The normalized spacial score (nSPS) is 19.4. The number of carbonyl (C=O) groups excluding carboxylic acids is 2. The molecule has 2 aliphatic rings. The molecule has 0 aliphatic carbocycles. The number of oxime groups is 1. The number of thiazole rings is 1. The van der Waals surface area contributed by atoms with Gasteiger partial charge in [-0.2, -0.15) is 4.57 Å². The largest absolute Gasteiger partial charge is 0.477 e. The summed E-state index contributed by atoms with van der Waals surface area (Å²) in [6.45, 7) is 0.475. The zero-order chi connectivity index (χ0) is 25.8. The molecule has 2 aromatic heterocycles. The van der Waals surface area contributed by atoms with Gasteiger partial charge in [0, 0.05) is 23.3 Å². The molecule has 2 aromatic rings. The van der Waals surface area contributed by atoms with Crippen molar-refractivity contribution in [2.75, 3.05) is 37.1 Å². The molecule has 190 valence electrons. The number of aliphatic hydroxyl groups excluding tert-OH is 1. The summed E-state index contributed by atoms with van der Waals surface area (Å²) in [7, 11) is 1.27. The van der Waals surface area contributed by atoms with Crippen LogP contribution in [-0.2, 0) is 25.8 Å². The van der Waals surface area contributed by atoms with Gasteiger partial charge in [-0.3, -0.25) is 14.5 Å². The summed E-state index contributed by atoms with van der Waals surface area (Å²) in [6.07, 6.45) is 4.91. The molecule has 0 aromatic carbocycles. The van der Waals surface area contributed by atoms with Crippen molar-refractivity contribution in [3.63, 3.8) is 0 Å². The van der Waals surface area contributed by atoms with Crippen LogP contribution in [0.3, 0.4) is 0 Å². The second kappa shape index (κ2) is 10.9. The van der Waals surface area contributed by atoms with Gasteiger partial charge < -0.3 is 31.4 Å². The predicted molar refractivity (Wildman–Crippen MR) is 130 cm³/mol. The van der Waals surface area contributed by atoms with Gasteiger partial charge in [-0.05, 0) is 0 Å².